The molecule has 2 heteroatoms. The van der Waals surface area contributed by atoms with Crippen LogP contribution in [-0.4, -0.2) is 4.57 Å². The molecule has 116 valence electrons. The molecular formula is C18H35N2+. The van der Waals surface area contributed by atoms with Gasteiger partial charge in [0.1, 0.15) is 12.4 Å². The summed E-state index contributed by atoms with van der Waals surface area (Å²) in [5, 5.41) is 0. The summed E-state index contributed by atoms with van der Waals surface area (Å²) < 4.78 is 4.82. The molecule has 0 amide bonds. The number of unbranched alkanes of at least 4 members (excludes halogenated alkanes) is 8. The molecule has 0 saturated heterocycles. The Labute approximate surface area is 126 Å². The van der Waals surface area contributed by atoms with Crippen LogP contribution in [0.15, 0.2) is 12.4 Å². The van der Waals surface area contributed by atoms with Crippen molar-refractivity contribution in [3.63, 3.8) is 0 Å². The van der Waals surface area contributed by atoms with Gasteiger partial charge in [0.25, 0.3) is 5.82 Å². The molecule has 20 heavy (non-hydrogen) atoms. The molecule has 0 aliphatic rings. The number of nitrogens with zero attached hydrogens (tertiary/aromatic N) is 2. The average molecular weight is 279 g/mol. The van der Waals surface area contributed by atoms with Crippen molar-refractivity contribution < 1.29 is 4.57 Å². The summed E-state index contributed by atoms with van der Waals surface area (Å²) in [6.07, 6.45) is 18.3. The monoisotopic (exact) mass is 279 g/mol. The number of aryl methyl sites for hydroxylation is 2. The molecule has 0 saturated carbocycles. The van der Waals surface area contributed by atoms with Gasteiger partial charge in [-0.3, -0.25) is 0 Å². The minimum atomic E-state index is 1.09. The molecule has 0 aliphatic heterocycles. The average Bonchev–Trinajstić information content (AvgIpc) is 2.87. The van der Waals surface area contributed by atoms with Gasteiger partial charge in [0.15, 0.2) is 0 Å². The van der Waals surface area contributed by atoms with Gasteiger partial charge in [-0.1, -0.05) is 58.8 Å². The smallest absolute Gasteiger partial charge is 0.235 e. The second kappa shape index (κ2) is 10.9. The molecule has 0 aromatic carbocycles. The molecule has 1 aromatic rings. The summed E-state index contributed by atoms with van der Waals surface area (Å²) in [5.74, 6) is 1.48. The Bertz CT molecular complexity index is 341. The van der Waals surface area contributed by atoms with Crippen molar-refractivity contribution in [1.29, 1.82) is 0 Å². The summed E-state index contributed by atoms with van der Waals surface area (Å²) >= 11 is 0. The zero-order valence-corrected chi connectivity index (χ0v) is 14.0. The van der Waals surface area contributed by atoms with Gasteiger partial charge >= 0.3 is 0 Å². The maximum Gasteiger partial charge on any atom is 0.256 e. The normalized spacial score (nSPS) is 11.2. The maximum atomic E-state index is 2.45. The van der Waals surface area contributed by atoms with Gasteiger partial charge in [0, 0.05) is 6.42 Å². The Morgan fingerprint density at radius 1 is 0.850 bits per heavy atom. The molecule has 0 radical (unpaired) electrons. The fraction of sp³-hybridized carbons (Fsp3) is 0.833. The summed E-state index contributed by atoms with van der Waals surface area (Å²) in [5.41, 5.74) is 0. The molecule has 2 nitrogen and oxygen atoms in total. The Balaban J connectivity index is 2.08. The second-order valence-corrected chi connectivity index (χ2v) is 5.88. The van der Waals surface area contributed by atoms with Crippen molar-refractivity contribution >= 4 is 0 Å². The van der Waals surface area contributed by atoms with Crippen LogP contribution in [0.4, 0.5) is 0 Å². The number of rotatable bonds is 12. The molecular weight excluding hydrogens is 244 g/mol. The zero-order chi connectivity index (χ0) is 14.6. The summed E-state index contributed by atoms with van der Waals surface area (Å²) in [4.78, 5) is 0. The lowest BCUT2D eigenvalue weighted by molar-refractivity contribution is -0.700. The van der Waals surface area contributed by atoms with E-state index in [2.05, 4.69) is 42.3 Å². The van der Waals surface area contributed by atoms with Gasteiger partial charge in [-0.15, -0.1) is 0 Å². The van der Waals surface area contributed by atoms with E-state index >= 15 is 0 Å². The van der Waals surface area contributed by atoms with Crippen LogP contribution in [-0.2, 0) is 19.5 Å². The van der Waals surface area contributed by atoms with E-state index in [1.165, 1.54) is 70.2 Å². The quantitative estimate of drug-likeness (QED) is 0.380. The highest BCUT2D eigenvalue weighted by molar-refractivity contribution is 4.82. The van der Waals surface area contributed by atoms with Crippen LogP contribution in [0.2, 0.25) is 0 Å². The first-order chi connectivity index (χ1) is 9.83. The van der Waals surface area contributed by atoms with Gasteiger partial charge in [-0.05, 0) is 19.8 Å². The Morgan fingerprint density at radius 3 is 2.00 bits per heavy atom. The van der Waals surface area contributed by atoms with Crippen molar-refractivity contribution in [1.82, 2.24) is 4.57 Å². The van der Waals surface area contributed by atoms with Crippen molar-refractivity contribution in [2.45, 2.75) is 98.1 Å². The van der Waals surface area contributed by atoms with Crippen LogP contribution in [0.3, 0.4) is 0 Å². The highest BCUT2D eigenvalue weighted by Gasteiger charge is 2.12. The third-order valence-corrected chi connectivity index (χ3v) is 4.25. The summed E-state index contributed by atoms with van der Waals surface area (Å²) in [6, 6.07) is 0. The molecule has 1 rings (SSSR count). The van der Waals surface area contributed by atoms with Gasteiger partial charge < -0.3 is 0 Å². The molecule has 0 bridgehead atoms. The molecule has 1 aromatic heterocycles. The molecule has 0 atom stereocenters. The zero-order valence-electron chi connectivity index (χ0n) is 14.0. The third-order valence-electron chi connectivity index (χ3n) is 4.25. The largest absolute Gasteiger partial charge is 0.256 e. The lowest BCUT2D eigenvalue weighted by atomic mass is 10.1. The minimum Gasteiger partial charge on any atom is -0.235 e. The predicted octanol–water partition coefficient (Wildman–Crippen LogP) is 4.89. The van der Waals surface area contributed by atoms with E-state index in [0.717, 1.165) is 13.0 Å². The Morgan fingerprint density at radius 2 is 1.45 bits per heavy atom. The van der Waals surface area contributed by atoms with Crippen LogP contribution in [0.1, 0.15) is 84.4 Å². The fourth-order valence-corrected chi connectivity index (χ4v) is 2.99. The van der Waals surface area contributed by atoms with Crippen LogP contribution in [0.5, 0.6) is 0 Å². The first-order valence-corrected chi connectivity index (χ1v) is 8.90. The lowest BCUT2D eigenvalue weighted by Gasteiger charge is -2.03. The van der Waals surface area contributed by atoms with Crippen molar-refractivity contribution in [3.05, 3.63) is 18.2 Å². The van der Waals surface area contributed by atoms with Gasteiger partial charge in [0.05, 0.1) is 13.1 Å². The maximum absolute atomic E-state index is 2.45. The number of hydrogen-bond donors (Lipinski definition) is 0. The SMILES string of the molecule is CCCCCCCCCCCn1cc[n+](CC)c1CC. The molecule has 1 heterocycles. The molecule has 0 aliphatic carbocycles. The van der Waals surface area contributed by atoms with Crippen LogP contribution >= 0.6 is 0 Å². The fourth-order valence-electron chi connectivity index (χ4n) is 2.99. The number of aromatic nitrogens is 2. The summed E-state index contributed by atoms with van der Waals surface area (Å²) in [6.45, 7) is 9.06. The van der Waals surface area contributed by atoms with E-state index in [1.54, 1.807) is 0 Å². The lowest BCUT2D eigenvalue weighted by Crippen LogP contribution is -2.35. The topological polar surface area (TPSA) is 8.81 Å². The number of imidazole rings is 1. The number of hydrogen-bond acceptors (Lipinski definition) is 0. The molecule has 0 fully saturated rings. The Hall–Kier alpha value is -0.790. The van der Waals surface area contributed by atoms with E-state index in [4.69, 9.17) is 0 Å². The molecule has 0 N–H and O–H groups in total. The minimum absolute atomic E-state index is 1.09. The van der Waals surface area contributed by atoms with Gasteiger partial charge in [0.2, 0.25) is 0 Å². The van der Waals surface area contributed by atoms with Crippen molar-refractivity contribution in [2.75, 3.05) is 0 Å². The van der Waals surface area contributed by atoms with Gasteiger partial charge in [-0.2, -0.15) is 0 Å². The molecule has 0 spiro atoms. The predicted molar refractivity (Wildman–Crippen MR) is 86.9 cm³/mol. The van der Waals surface area contributed by atoms with E-state index in [9.17, 15) is 0 Å². The van der Waals surface area contributed by atoms with Crippen molar-refractivity contribution in [2.24, 2.45) is 0 Å². The Kier molecular flexibility index (Phi) is 9.44. The van der Waals surface area contributed by atoms with E-state index in [1.807, 2.05) is 0 Å². The van der Waals surface area contributed by atoms with E-state index in [-0.39, 0.29) is 0 Å². The standard InChI is InChI=1S/C18H35N2/c1-4-7-8-9-10-11-12-13-14-15-20-17-16-19(6-3)18(20)5-2/h16-17H,4-15H2,1-3H3/q+1. The van der Waals surface area contributed by atoms with Crippen LogP contribution < -0.4 is 4.57 Å². The van der Waals surface area contributed by atoms with Gasteiger partial charge in [-0.25, -0.2) is 9.13 Å². The van der Waals surface area contributed by atoms with Crippen molar-refractivity contribution in [3.8, 4) is 0 Å². The highest BCUT2D eigenvalue weighted by atomic mass is 15.1. The molecule has 0 unspecified atom stereocenters. The van der Waals surface area contributed by atoms with Crippen LogP contribution in [0, 0.1) is 0 Å². The highest BCUT2D eigenvalue weighted by Crippen LogP contribution is 2.10. The second-order valence-electron chi connectivity index (χ2n) is 5.88. The van der Waals surface area contributed by atoms with E-state index in [0.29, 0.717) is 0 Å². The summed E-state index contributed by atoms with van der Waals surface area (Å²) in [7, 11) is 0. The third kappa shape index (κ3) is 6.11. The first kappa shape index (κ1) is 17.3. The first-order valence-electron chi connectivity index (χ1n) is 8.90. The van der Waals surface area contributed by atoms with Crippen LogP contribution in [0.25, 0.3) is 0 Å². The van der Waals surface area contributed by atoms with E-state index < -0.39 is 0 Å².